The van der Waals surface area contributed by atoms with E-state index in [1.807, 2.05) is 37.3 Å². The molecule has 1 aromatic carbocycles. The zero-order valence-corrected chi connectivity index (χ0v) is 11.4. The molecule has 20 heavy (non-hydrogen) atoms. The van der Waals surface area contributed by atoms with Gasteiger partial charge in [0.25, 0.3) is 0 Å². The quantitative estimate of drug-likeness (QED) is 0.897. The van der Waals surface area contributed by atoms with Gasteiger partial charge in [0.2, 0.25) is 0 Å². The fourth-order valence-electron chi connectivity index (χ4n) is 2.35. The van der Waals surface area contributed by atoms with Gasteiger partial charge in [-0.15, -0.1) is 0 Å². The summed E-state index contributed by atoms with van der Waals surface area (Å²) in [7, 11) is 0. The highest BCUT2D eigenvalue weighted by Gasteiger charge is 2.45. The van der Waals surface area contributed by atoms with Gasteiger partial charge in [0, 0.05) is 5.69 Å². The first kappa shape index (κ1) is 12.7. The molecule has 2 aromatic rings. The summed E-state index contributed by atoms with van der Waals surface area (Å²) in [6.07, 6.45) is 1.96. The van der Waals surface area contributed by atoms with Crippen molar-refractivity contribution in [1.29, 1.82) is 0 Å². The topological polar surface area (TPSA) is 54.0 Å². The molecule has 1 aromatic heterocycles. The van der Waals surface area contributed by atoms with Gasteiger partial charge in [0.15, 0.2) is 0 Å². The predicted octanol–water partition coefficient (Wildman–Crippen LogP) is 3.20. The number of anilines is 1. The molecule has 3 rings (SSSR count). The number of hydrogen-bond donors (Lipinski definition) is 2. The molecule has 1 aliphatic carbocycles. The summed E-state index contributed by atoms with van der Waals surface area (Å²) >= 11 is 0. The number of benzene rings is 1. The van der Waals surface area contributed by atoms with Gasteiger partial charge >= 0.3 is 6.03 Å². The number of hydrogen-bond acceptors (Lipinski definition) is 2. The lowest BCUT2D eigenvalue weighted by molar-refractivity contribution is 0.247. The monoisotopic (exact) mass is 267 g/mol. The Kier molecular flexibility index (Phi) is 3.14. The Morgan fingerprint density at radius 3 is 2.50 bits per heavy atom. The van der Waals surface area contributed by atoms with Crippen LogP contribution in [-0.2, 0) is 5.54 Å². The maximum atomic E-state index is 12.1. The lowest BCUT2D eigenvalue weighted by Crippen LogP contribution is -2.38. The summed E-state index contributed by atoms with van der Waals surface area (Å²) in [6.45, 7) is 1.90. The number of urea groups is 1. The van der Waals surface area contributed by atoms with Crippen molar-refractivity contribution >= 4 is 11.8 Å². The molecule has 0 radical (unpaired) electrons. The number of nitrogens with one attached hydrogen (secondary N) is 2. The van der Waals surface area contributed by atoms with Crippen molar-refractivity contribution in [2.24, 2.45) is 0 Å². The van der Waals surface area contributed by atoms with Gasteiger partial charge in [-0.25, -0.2) is 9.78 Å². The van der Waals surface area contributed by atoms with Crippen LogP contribution in [0, 0.1) is 6.92 Å². The maximum absolute atomic E-state index is 12.1. The molecule has 1 saturated carbocycles. The standard InChI is InChI=1S/C16H17N3O/c1-12-6-5-9-14(17-12)18-15(20)19-16(10-11-16)13-7-3-2-4-8-13/h2-9H,10-11H2,1H3,(H2,17,18,19,20). The number of nitrogens with zero attached hydrogens (tertiary/aromatic N) is 1. The molecule has 1 fully saturated rings. The highest BCUT2D eigenvalue weighted by molar-refractivity contribution is 5.89. The van der Waals surface area contributed by atoms with Crippen LogP contribution in [-0.4, -0.2) is 11.0 Å². The first-order valence-electron chi connectivity index (χ1n) is 6.76. The molecule has 0 aliphatic heterocycles. The van der Waals surface area contributed by atoms with Crippen molar-refractivity contribution in [3.63, 3.8) is 0 Å². The largest absolute Gasteiger partial charge is 0.328 e. The Morgan fingerprint density at radius 2 is 1.85 bits per heavy atom. The van der Waals surface area contributed by atoms with Crippen LogP contribution in [0.2, 0.25) is 0 Å². The smallest absolute Gasteiger partial charge is 0.321 e. The van der Waals surface area contributed by atoms with Crippen molar-refractivity contribution < 1.29 is 4.79 Å². The molecule has 0 unspecified atom stereocenters. The molecule has 0 atom stereocenters. The molecule has 0 bridgehead atoms. The van der Waals surface area contributed by atoms with Crippen LogP contribution < -0.4 is 10.6 Å². The Morgan fingerprint density at radius 1 is 1.10 bits per heavy atom. The molecule has 2 amide bonds. The third-order valence-electron chi connectivity index (χ3n) is 3.56. The van der Waals surface area contributed by atoms with Crippen LogP contribution in [0.15, 0.2) is 48.5 Å². The van der Waals surface area contributed by atoms with E-state index < -0.39 is 0 Å². The second-order valence-electron chi connectivity index (χ2n) is 5.19. The number of carbonyl (C=O) groups excluding carboxylic acids is 1. The van der Waals surface area contributed by atoms with Crippen molar-refractivity contribution in [1.82, 2.24) is 10.3 Å². The van der Waals surface area contributed by atoms with Gasteiger partial charge in [-0.1, -0.05) is 36.4 Å². The Balaban J connectivity index is 1.68. The van der Waals surface area contributed by atoms with Crippen LogP contribution in [0.3, 0.4) is 0 Å². The number of rotatable bonds is 3. The summed E-state index contributed by atoms with van der Waals surface area (Å²) in [5.41, 5.74) is 1.84. The summed E-state index contributed by atoms with van der Waals surface area (Å²) in [5.74, 6) is 0.575. The Hall–Kier alpha value is -2.36. The van der Waals surface area contributed by atoms with Crippen LogP contribution in [0.1, 0.15) is 24.1 Å². The van der Waals surface area contributed by atoms with Gasteiger partial charge in [-0.05, 0) is 37.5 Å². The highest BCUT2D eigenvalue weighted by atomic mass is 16.2. The molecule has 0 spiro atoms. The van der Waals surface area contributed by atoms with Crippen LogP contribution in [0.4, 0.5) is 10.6 Å². The third-order valence-corrected chi connectivity index (χ3v) is 3.56. The second kappa shape index (κ2) is 4.96. The van der Waals surface area contributed by atoms with Crippen LogP contribution in [0.5, 0.6) is 0 Å². The van der Waals surface area contributed by atoms with Crippen LogP contribution >= 0.6 is 0 Å². The molecular formula is C16H17N3O. The summed E-state index contributed by atoms with van der Waals surface area (Å²) in [6, 6.07) is 15.4. The highest BCUT2D eigenvalue weighted by Crippen LogP contribution is 2.45. The van der Waals surface area contributed by atoms with Crippen molar-refractivity contribution in [3.8, 4) is 0 Å². The van der Waals surface area contributed by atoms with Crippen LogP contribution in [0.25, 0.3) is 0 Å². The molecule has 1 heterocycles. The van der Waals surface area contributed by atoms with E-state index in [9.17, 15) is 4.79 Å². The number of carbonyl (C=O) groups is 1. The molecule has 102 valence electrons. The van der Waals surface area contributed by atoms with Crippen molar-refractivity contribution in [2.75, 3.05) is 5.32 Å². The summed E-state index contributed by atoms with van der Waals surface area (Å²) in [4.78, 5) is 16.4. The van der Waals surface area contributed by atoms with Gasteiger partial charge in [-0.3, -0.25) is 5.32 Å². The van der Waals surface area contributed by atoms with E-state index in [2.05, 4.69) is 27.8 Å². The molecule has 4 nitrogen and oxygen atoms in total. The molecule has 4 heteroatoms. The lowest BCUT2D eigenvalue weighted by atomic mass is 10.1. The van der Waals surface area contributed by atoms with Gasteiger partial charge < -0.3 is 5.32 Å². The average Bonchev–Trinajstić information content (AvgIpc) is 3.20. The normalized spacial score (nSPS) is 15.4. The Bertz CT molecular complexity index is 621. The summed E-state index contributed by atoms with van der Waals surface area (Å²) in [5, 5.41) is 5.85. The molecular weight excluding hydrogens is 250 g/mol. The zero-order valence-electron chi connectivity index (χ0n) is 11.4. The van der Waals surface area contributed by atoms with E-state index in [-0.39, 0.29) is 11.6 Å². The SMILES string of the molecule is Cc1cccc(NC(=O)NC2(c3ccccc3)CC2)n1. The van der Waals surface area contributed by atoms with E-state index in [1.165, 1.54) is 0 Å². The van der Waals surface area contributed by atoms with E-state index in [0.717, 1.165) is 24.1 Å². The predicted molar refractivity (Wildman–Crippen MR) is 78.5 cm³/mol. The minimum Gasteiger partial charge on any atom is -0.328 e. The molecule has 0 saturated heterocycles. The van der Waals surface area contributed by atoms with E-state index in [1.54, 1.807) is 6.07 Å². The Labute approximate surface area is 118 Å². The zero-order chi connectivity index (χ0) is 14.0. The lowest BCUT2D eigenvalue weighted by Gasteiger charge is -2.18. The first-order valence-corrected chi connectivity index (χ1v) is 6.76. The fourth-order valence-corrected chi connectivity index (χ4v) is 2.35. The average molecular weight is 267 g/mol. The minimum absolute atomic E-state index is 0.199. The fraction of sp³-hybridized carbons (Fsp3) is 0.250. The van der Waals surface area contributed by atoms with Crippen molar-refractivity contribution in [2.45, 2.75) is 25.3 Å². The third kappa shape index (κ3) is 2.64. The van der Waals surface area contributed by atoms with Crippen molar-refractivity contribution in [3.05, 3.63) is 59.8 Å². The van der Waals surface area contributed by atoms with Gasteiger partial charge in [-0.2, -0.15) is 0 Å². The van der Waals surface area contributed by atoms with E-state index in [4.69, 9.17) is 0 Å². The second-order valence-corrected chi connectivity index (χ2v) is 5.19. The maximum Gasteiger partial charge on any atom is 0.321 e. The summed E-state index contributed by atoms with van der Waals surface area (Å²) < 4.78 is 0. The van der Waals surface area contributed by atoms with Gasteiger partial charge in [0.1, 0.15) is 5.82 Å². The first-order chi connectivity index (χ1) is 9.68. The number of pyridine rings is 1. The molecule has 2 N–H and O–H groups in total. The molecule has 1 aliphatic rings. The van der Waals surface area contributed by atoms with E-state index >= 15 is 0 Å². The number of aryl methyl sites for hydroxylation is 1. The van der Waals surface area contributed by atoms with Gasteiger partial charge in [0.05, 0.1) is 5.54 Å². The van der Waals surface area contributed by atoms with E-state index in [0.29, 0.717) is 5.82 Å². The minimum atomic E-state index is -0.204. The number of aromatic nitrogens is 1. The number of amides is 2.